The summed E-state index contributed by atoms with van der Waals surface area (Å²) in [5, 5.41) is 6.12. The normalized spacial score (nSPS) is 16.6. The Labute approximate surface area is 129 Å². The molecule has 0 bridgehead atoms. The van der Waals surface area contributed by atoms with Crippen LogP contribution in [0.4, 0.5) is 0 Å². The lowest BCUT2D eigenvalue weighted by atomic mass is 10.0. The molecule has 0 aliphatic carbocycles. The molecule has 2 N–H and O–H groups in total. The highest BCUT2D eigenvalue weighted by atomic mass is 35.5. The van der Waals surface area contributed by atoms with E-state index in [0.717, 1.165) is 38.4 Å². The Kier molecular flexibility index (Phi) is 13.2. The smallest absolute Gasteiger partial charge is 0.221 e. The second kappa shape index (κ2) is 11.8. The van der Waals surface area contributed by atoms with Crippen molar-refractivity contribution in [1.29, 1.82) is 0 Å². The van der Waals surface area contributed by atoms with Gasteiger partial charge in [0.1, 0.15) is 0 Å². The summed E-state index contributed by atoms with van der Waals surface area (Å²) in [7, 11) is 1.87. The fraction of sp³-hybridized carbons (Fsp3) is 0.923. The van der Waals surface area contributed by atoms with Crippen molar-refractivity contribution in [1.82, 2.24) is 15.5 Å². The third kappa shape index (κ3) is 9.50. The topological polar surface area (TPSA) is 44.4 Å². The fourth-order valence-corrected chi connectivity index (χ4v) is 2.31. The highest BCUT2D eigenvalue weighted by Gasteiger charge is 2.20. The van der Waals surface area contributed by atoms with Crippen LogP contribution in [0.1, 0.15) is 33.1 Å². The third-order valence-electron chi connectivity index (χ3n) is 3.18. The first-order valence-corrected chi connectivity index (χ1v) is 6.78. The Bertz CT molecular complexity index is 232. The summed E-state index contributed by atoms with van der Waals surface area (Å²) in [5.41, 5.74) is 0. The Morgan fingerprint density at radius 3 is 2.32 bits per heavy atom. The molecule has 1 amide bonds. The van der Waals surface area contributed by atoms with Crippen LogP contribution in [0.2, 0.25) is 0 Å². The van der Waals surface area contributed by atoms with Gasteiger partial charge in [0, 0.05) is 38.6 Å². The molecule has 4 nitrogen and oxygen atoms in total. The quantitative estimate of drug-likeness (QED) is 0.784. The minimum Gasteiger partial charge on any atom is -0.353 e. The molecular weight excluding hydrogens is 285 g/mol. The summed E-state index contributed by atoms with van der Waals surface area (Å²) >= 11 is 0. The van der Waals surface area contributed by atoms with Gasteiger partial charge in [-0.15, -0.1) is 24.8 Å². The van der Waals surface area contributed by atoms with Crippen molar-refractivity contribution in [2.75, 3.05) is 33.2 Å². The highest BCUT2D eigenvalue weighted by molar-refractivity contribution is 5.85. The SMILES string of the molecule is CNCCC(=O)NC1CCN(CC(C)C)CC1.Cl.Cl. The molecule has 1 aliphatic heterocycles. The molecule has 0 saturated carbocycles. The van der Waals surface area contributed by atoms with Crippen LogP contribution in [0.25, 0.3) is 0 Å². The maximum Gasteiger partial charge on any atom is 0.221 e. The van der Waals surface area contributed by atoms with Crippen molar-refractivity contribution in [3.63, 3.8) is 0 Å². The first-order chi connectivity index (χ1) is 8.11. The highest BCUT2D eigenvalue weighted by Crippen LogP contribution is 2.12. The van der Waals surface area contributed by atoms with E-state index in [1.165, 1.54) is 6.54 Å². The second-order valence-corrected chi connectivity index (χ2v) is 5.39. The van der Waals surface area contributed by atoms with Crippen LogP contribution in [0, 0.1) is 5.92 Å². The number of amides is 1. The lowest BCUT2D eigenvalue weighted by Gasteiger charge is -2.33. The molecule has 0 atom stereocenters. The first-order valence-electron chi connectivity index (χ1n) is 6.78. The van der Waals surface area contributed by atoms with Crippen LogP contribution in [0.15, 0.2) is 0 Å². The van der Waals surface area contributed by atoms with Gasteiger partial charge in [-0.1, -0.05) is 13.8 Å². The fourth-order valence-electron chi connectivity index (χ4n) is 2.31. The van der Waals surface area contributed by atoms with Gasteiger partial charge >= 0.3 is 0 Å². The van der Waals surface area contributed by atoms with E-state index >= 15 is 0 Å². The minimum absolute atomic E-state index is 0. The zero-order chi connectivity index (χ0) is 12.7. The van der Waals surface area contributed by atoms with Gasteiger partial charge in [-0.2, -0.15) is 0 Å². The van der Waals surface area contributed by atoms with E-state index in [9.17, 15) is 4.79 Å². The maximum absolute atomic E-state index is 11.6. The lowest BCUT2D eigenvalue weighted by molar-refractivity contribution is -0.122. The predicted octanol–water partition coefficient (Wildman–Crippen LogP) is 1.68. The monoisotopic (exact) mass is 313 g/mol. The molecular formula is C13H29Cl2N3O. The summed E-state index contributed by atoms with van der Waals surface area (Å²) in [4.78, 5) is 14.1. The summed E-state index contributed by atoms with van der Waals surface area (Å²) in [5.74, 6) is 0.915. The van der Waals surface area contributed by atoms with E-state index in [1.807, 2.05) is 7.05 Å². The largest absolute Gasteiger partial charge is 0.353 e. The van der Waals surface area contributed by atoms with Crippen LogP contribution in [0.5, 0.6) is 0 Å². The summed E-state index contributed by atoms with van der Waals surface area (Å²) < 4.78 is 0. The average Bonchev–Trinajstić information content (AvgIpc) is 2.28. The molecule has 0 aromatic rings. The van der Waals surface area contributed by atoms with Crippen molar-refractivity contribution in [3.8, 4) is 0 Å². The number of hydrogen-bond acceptors (Lipinski definition) is 3. The molecule has 0 radical (unpaired) electrons. The van der Waals surface area contributed by atoms with E-state index < -0.39 is 0 Å². The number of likely N-dealkylation sites (tertiary alicyclic amines) is 1. The van der Waals surface area contributed by atoms with Gasteiger partial charge in [0.05, 0.1) is 0 Å². The van der Waals surface area contributed by atoms with Crippen LogP contribution >= 0.6 is 24.8 Å². The van der Waals surface area contributed by atoms with Crippen molar-refractivity contribution in [3.05, 3.63) is 0 Å². The molecule has 116 valence electrons. The van der Waals surface area contributed by atoms with Gasteiger partial charge in [0.25, 0.3) is 0 Å². The number of nitrogens with one attached hydrogen (secondary N) is 2. The molecule has 0 aromatic carbocycles. The summed E-state index contributed by atoms with van der Waals surface area (Å²) in [6, 6.07) is 0.391. The van der Waals surface area contributed by atoms with Crippen LogP contribution < -0.4 is 10.6 Å². The molecule has 1 aliphatic rings. The second-order valence-electron chi connectivity index (χ2n) is 5.39. The zero-order valence-electron chi connectivity index (χ0n) is 12.3. The standard InChI is InChI=1S/C13H27N3O.2ClH/c1-11(2)10-16-8-5-12(6-9-16)15-13(17)4-7-14-3;;/h11-12,14H,4-10H2,1-3H3,(H,15,17);2*1H. The predicted molar refractivity (Wildman–Crippen MR) is 85.5 cm³/mol. The number of carbonyl (C=O) groups excluding carboxylic acids is 1. The minimum atomic E-state index is 0. The maximum atomic E-state index is 11.6. The van der Waals surface area contributed by atoms with Crippen molar-refractivity contribution in [2.24, 2.45) is 5.92 Å². The van der Waals surface area contributed by atoms with E-state index in [0.29, 0.717) is 12.5 Å². The number of rotatable bonds is 6. The van der Waals surface area contributed by atoms with Crippen LogP contribution in [-0.4, -0.2) is 50.1 Å². The van der Waals surface area contributed by atoms with E-state index in [4.69, 9.17) is 0 Å². The van der Waals surface area contributed by atoms with Crippen LogP contribution in [0.3, 0.4) is 0 Å². The number of nitrogens with zero attached hydrogens (tertiary/aromatic N) is 1. The number of hydrogen-bond donors (Lipinski definition) is 2. The van der Waals surface area contributed by atoms with Crippen molar-refractivity contribution < 1.29 is 4.79 Å². The Balaban J connectivity index is 0. The van der Waals surface area contributed by atoms with Gasteiger partial charge < -0.3 is 15.5 Å². The average molecular weight is 314 g/mol. The lowest BCUT2D eigenvalue weighted by Crippen LogP contribution is -2.45. The van der Waals surface area contributed by atoms with E-state index in [-0.39, 0.29) is 30.7 Å². The number of halogens is 2. The van der Waals surface area contributed by atoms with Crippen molar-refractivity contribution in [2.45, 2.75) is 39.2 Å². The van der Waals surface area contributed by atoms with Crippen LogP contribution in [-0.2, 0) is 4.79 Å². The molecule has 1 heterocycles. The first kappa shape index (κ1) is 21.3. The molecule has 19 heavy (non-hydrogen) atoms. The molecule has 1 saturated heterocycles. The number of piperidine rings is 1. The van der Waals surface area contributed by atoms with Gasteiger partial charge in [-0.3, -0.25) is 4.79 Å². The van der Waals surface area contributed by atoms with E-state index in [1.54, 1.807) is 0 Å². The Hall–Kier alpha value is -0.0300. The zero-order valence-corrected chi connectivity index (χ0v) is 13.9. The van der Waals surface area contributed by atoms with E-state index in [2.05, 4.69) is 29.4 Å². The molecule has 0 spiro atoms. The molecule has 0 aromatic heterocycles. The van der Waals surface area contributed by atoms with Gasteiger partial charge in [0.2, 0.25) is 5.91 Å². The Morgan fingerprint density at radius 1 is 1.26 bits per heavy atom. The van der Waals surface area contributed by atoms with Gasteiger partial charge in [0.15, 0.2) is 0 Å². The summed E-state index contributed by atoms with van der Waals surface area (Å²) in [6.07, 6.45) is 2.78. The molecule has 0 unspecified atom stereocenters. The third-order valence-corrected chi connectivity index (χ3v) is 3.18. The summed E-state index contributed by atoms with van der Waals surface area (Å²) in [6.45, 7) is 8.69. The van der Waals surface area contributed by atoms with Crippen molar-refractivity contribution >= 4 is 30.7 Å². The Morgan fingerprint density at radius 2 is 1.84 bits per heavy atom. The molecule has 6 heteroatoms. The van der Waals surface area contributed by atoms with Gasteiger partial charge in [-0.25, -0.2) is 0 Å². The number of carbonyl (C=O) groups is 1. The molecule has 1 fully saturated rings. The van der Waals surface area contributed by atoms with Gasteiger partial charge in [-0.05, 0) is 25.8 Å². The molecule has 1 rings (SSSR count).